The van der Waals surface area contributed by atoms with E-state index < -0.39 is 0 Å². The van der Waals surface area contributed by atoms with Crippen molar-refractivity contribution in [2.24, 2.45) is 0 Å². The van der Waals surface area contributed by atoms with Crippen LogP contribution in [0.5, 0.6) is 0 Å². The molecule has 1 rings (SSSR count). The molecule has 1 atom stereocenters. The molecule has 0 heterocycles. The maximum absolute atomic E-state index is 11.3. The molecule has 0 aromatic heterocycles. The van der Waals surface area contributed by atoms with Crippen LogP contribution in [0.2, 0.25) is 0 Å². The zero-order valence-electron chi connectivity index (χ0n) is 9.79. The van der Waals surface area contributed by atoms with Crippen LogP contribution in [0.1, 0.15) is 24.5 Å². The normalized spacial score (nSPS) is 12.2. The summed E-state index contributed by atoms with van der Waals surface area (Å²) >= 11 is 5.50. The van der Waals surface area contributed by atoms with Crippen LogP contribution < -0.4 is 5.32 Å². The average Bonchev–Trinajstić information content (AvgIpc) is 2.17. The highest BCUT2D eigenvalue weighted by molar-refractivity contribution is 6.18. The maximum Gasteiger partial charge on any atom is 0.221 e. The van der Waals surface area contributed by atoms with Crippen LogP contribution in [0.4, 0.5) is 0 Å². The number of aryl methyl sites for hydroxylation is 1. The maximum atomic E-state index is 11.3. The monoisotopic (exact) mass is 239 g/mol. The fourth-order valence-electron chi connectivity index (χ4n) is 1.68. The molecule has 1 amide bonds. The third-order valence-corrected chi connectivity index (χ3v) is 2.54. The number of nitrogens with one attached hydrogen (secondary N) is 1. The quantitative estimate of drug-likeness (QED) is 0.787. The number of hydrogen-bond donors (Lipinski definition) is 1. The van der Waals surface area contributed by atoms with Gasteiger partial charge in [0.15, 0.2) is 0 Å². The average molecular weight is 240 g/mol. The topological polar surface area (TPSA) is 29.1 Å². The summed E-state index contributed by atoms with van der Waals surface area (Å²) in [5.41, 5.74) is 2.50. The van der Waals surface area contributed by atoms with Crippen molar-refractivity contribution in [2.45, 2.75) is 32.7 Å². The summed E-state index contributed by atoms with van der Waals surface area (Å²) in [5, 5.41) is 2.93. The molecule has 0 radical (unpaired) electrons. The Kier molecular flexibility index (Phi) is 5.33. The smallest absolute Gasteiger partial charge is 0.221 e. The molecule has 1 aromatic rings. The Balaban J connectivity index is 2.45. The third-order valence-electron chi connectivity index (χ3n) is 2.35. The lowest BCUT2D eigenvalue weighted by Gasteiger charge is -2.13. The van der Waals surface area contributed by atoms with Crippen molar-refractivity contribution in [3.05, 3.63) is 35.4 Å². The highest BCUT2D eigenvalue weighted by atomic mass is 35.5. The first-order valence-corrected chi connectivity index (χ1v) is 6.06. The lowest BCUT2D eigenvalue weighted by Crippen LogP contribution is -2.34. The van der Waals surface area contributed by atoms with E-state index in [9.17, 15) is 4.79 Å². The first-order chi connectivity index (χ1) is 7.61. The van der Waals surface area contributed by atoms with Crippen molar-refractivity contribution in [3.63, 3.8) is 0 Å². The van der Waals surface area contributed by atoms with Crippen molar-refractivity contribution in [3.8, 4) is 0 Å². The Hall–Kier alpha value is -1.02. The molecule has 88 valence electrons. The highest BCUT2D eigenvalue weighted by Crippen LogP contribution is 2.06. The van der Waals surface area contributed by atoms with Crippen LogP contribution in [0.3, 0.4) is 0 Å². The van der Waals surface area contributed by atoms with Crippen LogP contribution in [0.25, 0.3) is 0 Å². The predicted molar refractivity (Wildman–Crippen MR) is 67.8 cm³/mol. The van der Waals surface area contributed by atoms with Gasteiger partial charge >= 0.3 is 0 Å². The van der Waals surface area contributed by atoms with Crippen LogP contribution in [-0.2, 0) is 11.2 Å². The molecule has 0 saturated heterocycles. The van der Waals surface area contributed by atoms with E-state index in [1.165, 1.54) is 11.1 Å². The van der Waals surface area contributed by atoms with Gasteiger partial charge in [-0.1, -0.05) is 29.8 Å². The minimum atomic E-state index is 0.0233. The van der Waals surface area contributed by atoms with Crippen molar-refractivity contribution in [1.82, 2.24) is 5.32 Å². The number of alkyl halides is 1. The van der Waals surface area contributed by atoms with Crippen LogP contribution in [-0.4, -0.2) is 17.8 Å². The molecular formula is C13H18ClNO. The van der Waals surface area contributed by atoms with E-state index >= 15 is 0 Å². The lowest BCUT2D eigenvalue weighted by molar-refractivity contribution is -0.121. The van der Waals surface area contributed by atoms with Gasteiger partial charge < -0.3 is 5.32 Å². The van der Waals surface area contributed by atoms with Crippen molar-refractivity contribution in [1.29, 1.82) is 0 Å². The van der Waals surface area contributed by atoms with Gasteiger partial charge in [0.1, 0.15) is 0 Å². The predicted octanol–water partition coefficient (Wildman–Crippen LogP) is 2.67. The van der Waals surface area contributed by atoms with Gasteiger partial charge in [-0.2, -0.15) is 0 Å². The molecule has 0 bridgehead atoms. The van der Waals surface area contributed by atoms with E-state index in [-0.39, 0.29) is 11.9 Å². The zero-order valence-corrected chi connectivity index (χ0v) is 10.6. The van der Waals surface area contributed by atoms with Crippen LogP contribution >= 0.6 is 11.6 Å². The Morgan fingerprint density at radius 1 is 1.50 bits per heavy atom. The van der Waals surface area contributed by atoms with Gasteiger partial charge in [-0.25, -0.2) is 0 Å². The molecular weight excluding hydrogens is 222 g/mol. The molecule has 0 saturated carbocycles. The molecule has 3 heteroatoms. The second-order valence-corrected chi connectivity index (χ2v) is 4.48. The van der Waals surface area contributed by atoms with Crippen LogP contribution in [0.15, 0.2) is 24.3 Å². The fourth-order valence-corrected chi connectivity index (χ4v) is 1.85. The van der Waals surface area contributed by atoms with Gasteiger partial charge in [-0.15, -0.1) is 11.6 Å². The molecule has 16 heavy (non-hydrogen) atoms. The molecule has 0 aliphatic heterocycles. The van der Waals surface area contributed by atoms with Crippen molar-refractivity contribution in [2.75, 3.05) is 5.88 Å². The van der Waals surface area contributed by atoms with E-state index in [0.29, 0.717) is 12.3 Å². The first kappa shape index (κ1) is 13.0. The summed E-state index contributed by atoms with van der Waals surface area (Å²) in [6, 6.07) is 8.48. The van der Waals surface area contributed by atoms with E-state index in [4.69, 9.17) is 11.6 Å². The standard InChI is InChI=1S/C13H18ClNO/c1-10-4-3-5-12(8-10)9-11(2)15-13(16)6-7-14/h3-5,8,11H,6-7,9H2,1-2H3,(H,15,16). The Morgan fingerprint density at radius 2 is 2.25 bits per heavy atom. The second kappa shape index (κ2) is 6.54. The fraction of sp³-hybridized carbons (Fsp3) is 0.462. The van der Waals surface area contributed by atoms with Gasteiger partial charge in [-0.3, -0.25) is 4.79 Å². The van der Waals surface area contributed by atoms with Crippen molar-refractivity contribution < 1.29 is 4.79 Å². The molecule has 0 aliphatic carbocycles. The minimum absolute atomic E-state index is 0.0233. The number of halogens is 1. The lowest BCUT2D eigenvalue weighted by atomic mass is 10.0. The van der Waals surface area contributed by atoms with E-state index in [2.05, 4.69) is 30.4 Å². The summed E-state index contributed by atoms with van der Waals surface area (Å²) in [6.45, 7) is 4.08. The van der Waals surface area contributed by atoms with Gasteiger partial charge in [0, 0.05) is 18.3 Å². The Labute approximate surface area is 102 Å². The molecule has 0 spiro atoms. The first-order valence-electron chi connectivity index (χ1n) is 5.52. The summed E-state index contributed by atoms with van der Waals surface area (Å²) in [4.78, 5) is 11.3. The number of carbonyl (C=O) groups excluding carboxylic acids is 1. The van der Waals surface area contributed by atoms with Gasteiger partial charge in [0.25, 0.3) is 0 Å². The number of carbonyl (C=O) groups is 1. The number of benzene rings is 1. The molecule has 0 aliphatic rings. The van der Waals surface area contributed by atoms with Gasteiger partial charge in [0.05, 0.1) is 0 Å². The molecule has 0 fully saturated rings. The highest BCUT2D eigenvalue weighted by Gasteiger charge is 2.07. The minimum Gasteiger partial charge on any atom is -0.353 e. The van der Waals surface area contributed by atoms with Gasteiger partial charge in [0.2, 0.25) is 5.91 Å². The number of rotatable bonds is 5. The summed E-state index contributed by atoms with van der Waals surface area (Å²) < 4.78 is 0. The Morgan fingerprint density at radius 3 is 2.88 bits per heavy atom. The summed E-state index contributed by atoms with van der Waals surface area (Å²) in [5.74, 6) is 0.401. The molecule has 1 aromatic carbocycles. The number of amides is 1. The summed E-state index contributed by atoms with van der Waals surface area (Å²) in [6.07, 6.45) is 1.25. The second-order valence-electron chi connectivity index (χ2n) is 4.10. The molecule has 1 N–H and O–H groups in total. The molecule has 1 unspecified atom stereocenters. The van der Waals surface area contributed by atoms with E-state index in [0.717, 1.165) is 6.42 Å². The van der Waals surface area contributed by atoms with E-state index in [1.54, 1.807) is 0 Å². The Bertz CT molecular complexity index is 352. The third kappa shape index (κ3) is 4.67. The largest absolute Gasteiger partial charge is 0.353 e. The number of hydrogen-bond acceptors (Lipinski definition) is 1. The van der Waals surface area contributed by atoms with Crippen molar-refractivity contribution >= 4 is 17.5 Å². The summed E-state index contributed by atoms with van der Waals surface area (Å²) in [7, 11) is 0. The molecule has 2 nitrogen and oxygen atoms in total. The zero-order chi connectivity index (χ0) is 12.0. The van der Waals surface area contributed by atoms with Crippen LogP contribution in [0, 0.1) is 6.92 Å². The van der Waals surface area contributed by atoms with E-state index in [1.807, 2.05) is 13.0 Å². The van der Waals surface area contributed by atoms with Gasteiger partial charge in [-0.05, 0) is 25.8 Å². The SMILES string of the molecule is Cc1cccc(CC(C)NC(=O)CCCl)c1.